The Morgan fingerprint density at radius 1 is 0.615 bits per heavy atom. The van der Waals surface area contributed by atoms with E-state index < -0.39 is 0 Å². The topological polar surface area (TPSA) is 134 Å². The zero-order valence-corrected chi connectivity index (χ0v) is 31.4. The lowest BCUT2D eigenvalue weighted by atomic mass is 10.1. The number of amides is 2. The second-order valence-electron chi connectivity index (χ2n) is 12.8. The largest absolute Gasteiger partial charge is 0.454 e. The van der Waals surface area contributed by atoms with Crippen molar-refractivity contribution in [1.82, 2.24) is 30.4 Å². The highest BCUT2D eigenvalue weighted by Gasteiger charge is 2.27. The van der Waals surface area contributed by atoms with Crippen molar-refractivity contribution in [2.75, 3.05) is 89.8 Å². The number of piperazine rings is 2. The van der Waals surface area contributed by atoms with E-state index in [1.54, 1.807) is 14.1 Å². The summed E-state index contributed by atoms with van der Waals surface area (Å²) < 4.78 is 21.8. The average Bonchev–Trinajstić information content (AvgIpc) is 4.04. The summed E-state index contributed by atoms with van der Waals surface area (Å²) in [4.78, 5) is 41.7. The maximum absolute atomic E-state index is 11.7. The Hall–Kier alpha value is -4.64. The molecule has 2 fully saturated rings. The quantitative estimate of drug-likeness (QED) is 0.267. The smallest absolute Gasteiger partial charge is 0.270 e. The number of carbonyl (C=O) groups is 2. The van der Waals surface area contributed by atoms with Gasteiger partial charge in [-0.1, -0.05) is 12.1 Å². The SMILES string of the molecule is CNC(=O)c1csc(N2CCN([C@@H](C)c3ccc4c(c3)OCO4)CC2)n1.CNC(=O)c1csc(N2CCN([C@H](C)c3ccc4c(c3)OCO4)CC2)n1. The minimum Gasteiger partial charge on any atom is -0.454 e. The molecule has 4 aromatic rings. The number of nitrogens with one attached hydrogen (secondary N) is 2. The van der Waals surface area contributed by atoms with Crippen LogP contribution in [-0.2, 0) is 0 Å². The van der Waals surface area contributed by atoms with Crippen LogP contribution in [0.15, 0.2) is 47.2 Å². The molecule has 8 rings (SSSR count). The third-order valence-electron chi connectivity index (χ3n) is 9.93. The van der Waals surface area contributed by atoms with Crippen LogP contribution in [0, 0.1) is 0 Å². The van der Waals surface area contributed by atoms with Gasteiger partial charge in [0.15, 0.2) is 33.3 Å². The Labute approximate surface area is 311 Å². The number of aromatic nitrogens is 2. The molecule has 2 atom stereocenters. The molecular formula is C36H44N8O6S2. The first-order valence-electron chi connectivity index (χ1n) is 17.4. The molecule has 2 amide bonds. The summed E-state index contributed by atoms with van der Waals surface area (Å²) in [6.45, 7) is 12.4. The summed E-state index contributed by atoms with van der Waals surface area (Å²) in [5.74, 6) is 3.03. The zero-order chi connectivity index (χ0) is 36.2. The Morgan fingerprint density at radius 2 is 1.00 bits per heavy atom. The van der Waals surface area contributed by atoms with Gasteiger partial charge in [-0.05, 0) is 49.2 Å². The fraction of sp³-hybridized carbons (Fsp3) is 0.444. The molecule has 4 aliphatic heterocycles. The molecule has 6 heterocycles. The van der Waals surface area contributed by atoms with E-state index in [0.717, 1.165) is 85.6 Å². The van der Waals surface area contributed by atoms with Gasteiger partial charge in [0, 0.05) is 89.3 Å². The van der Waals surface area contributed by atoms with Crippen molar-refractivity contribution >= 4 is 44.8 Å². The molecule has 16 heteroatoms. The van der Waals surface area contributed by atoms with Crippen LogP contribution < -0.4 is 39.4 Å². The van der Waals surface area contributed by atoms with E-state index in [1.165, 1.54) is 33.8 Å². The molecule has 2 saturated heterocycles. The first kappa shape index (κ1) is 35.7. The standard InChI is InChI=1S/2C18H22N4O3S/c2*1-12(13-3-4-15-16(9-13)25-11-24-15)21-5-7-22(8-6-21)18-20-14(10-26-18)17(23)19-2/h2*3-4,9-10,12H,5-8,11H2,1-2H3,(H,19,23)/t2*12-/m10/s1. The molecule has 276 valence electrons. The molecule has 52 heavy (non-hydrogen) atoms. The van der Waals surface area contributed by atoms with Crippen LogP contribution in [0.2, 0.25) is 0 Å². The number of rotatable bonds is 8. The molecule has 2 aromatic carbocycles. The predicted molar refractivity (Wildman–Crippen MR) is 201 cm³/mol. The highest BCUT2D eigenvalue weighted by atomic mass is 32.1. The zero-order valence-electron chi connectivity index (χ0n) is 29.8. The monoisotopic (exact) mass is 748 g/mol. The molecule has 0 spiro atoms. The van der Waals surface area contributed by atoms with Crippen LogP contribution in [0.3, 0.4) is 0 Å². The number of benzene rings is 2. The van der Waals surface area contributed by atoms with Crippen LogP contribution in [-0.4, -0.2) is 112 Å². The van der Waals surface area contributed by atoms with E-state index >= 15 is 0 Å². The normalized spacial score (nSPS) is 18.0. The lowest BCUT2D eigenvalue weighted by molar-refractivity contribution is 0.0951. The number of ether oxygens (including phenoxy) is 4. The van der Waals surface area contributed by atoms with Gasteiger partial charge in [0.25, 0.3) is 11.8 Å². The fourth-order valence-corrected chi connectivity index (χ4v) is 8.37. The van der Waals surface area contributed by atoms with Crippen LogP contribution in [0.25, 0.3) is 0 Å². The third-order valence-corrected chi connectivity index (χ3v) is 11.7. The van der Waals surface area contributed by atoms with Crippen LogP contribution in [0.4, 0.5) is 10.3 Å². The van der Waals surface area contributed by atoms with Gasteiger partial charge in [-0.2, -0.15) is 0 Å². The molecule has 0 aliphatic carbocycles. The number of fused-ring (bicyclic) bond motifs is 2. The maximum atomic E-state index is 11.7. The Bertz CT molecular complexity index is 1740. The molecule has 2 aromatic heterocycles. The number of anilines is 2. The number of hydrogen-bond acceptors (Lipinski definition) is 14. The molecule has 2 N–H and O–H groups in total. The van der Waals surface area contributed by atoms with E-state index in [2.05, 4.69) is 78.3 Å². The number of thiazole rings is 2. The lowest BCUT2D eigenvalue weighted by Crippen LogP contribution is -2.47. The van der Waals surface area contributed by atoms with Crippen molar-refractivity contribution in [3.63, 3.8) is 0 Å². The molecule has 4 aliphatic rings. The molecular weight excluding hydrogens is 705 g/mol. The van der Waals surface area contributed by atoms with E-state index in [-0.39, 0.29) is 11.8 Å². The highest BCUT2D eigenvalue weighted by molar-refractivity contribution is 7.14. The summed E-state index contributed by atoms with van der Waals surface area (Å²) >= 11 is 3.05. The number of nitrogens with zero attached hydrogens (tertiary/aromatic N) is 6. The summed E-state index contributed by atoms with van der Waals surface area (Å²) in [5, 5.41) is 10.7. The van der Waals surface area contributed by atoms with Crippen molar-refractivity contribution in [1.29, 1.82) is 0 Å². The van der Waals surface area contributed by atoms with Gasteiger partial charge >= 0.3 is 0 Å². The van der Waals surface area contributed by atoms with Gasteiger partial charge in [0.1, 0.15) is 11.4 Å². The van der Waals surface area contributed by atoms with Gasteiger partial charge in [0.05, 0.1) is 0 Å². The molecule has 0 saturated carbocycles. The van der Waals surface area contributed by atoms with Gasteiger partial charge in [-0.25, -0.2) is 9.97 Å². The summed E-state index contributed by atoms with van der Waals surface area (Å²) in [6, 6.07) is 13.0. The van der Waals surface area contributed by atoms with Gasteiger partial charge in [-0.3, -0.25) is 19.4 Å². The van der Waals surface area contributed by atoms with E-state index in [4.69, 9.17) is 18.9 Å². The second kappa shape index (κ2) is 15.9. The van der Waals surface area contributed by atoms with Crippen molar-refractivity contribution in [3.05, 3.63) is 69.7 Å². The lowest BCUT2D eigenvalue weighted by Gasteiger charge is -2.38. The molecule has 0 unspecified atom stereocenters. The van der Waals surface area contributed by atoms with E-state index in [9.17, 15) is 9.59 Å². The summed E-state index contributed by atoms with van der Waals surface area (Å²) in [7, 11) is 3.25. The van der Waals surface area contributed by atoms with Gasteiger partial charge in [0.2, 0.25) is 13.6 Å². The van der Waals surface area contributed by atoms with Crippen LogP contribution in [0.5, 0.6) is 23.0 Å². The summed E-state index contributed by atoms with van der Waals surface area (Å²) in [5.41, 5.74) is 3.45. The van der Waals surface area contributed by atoms with Crippen molar-refractivity contribution in [2.45, 2.75) is 25.9 Å². The van der Waals surface area contributed by atoms with Crippen molar-refractivity contribution < 1.29 is 28.5 Å². The molecule has 0 bridgehead atoms. The minimum atomic E-state index is -0.137. The van der Waals surface area contributed by atoms with Crippen molar-refractivity contribution in [3.8, 4) is 23.0 Å². The molecule has 0 radical (unpaired) electrons. The molecule has 14 nitrogen and oxygen atoms in total. The van der Waals surface area contributed by atoms with Crippen LogP contribution >= 0.6 is 22.7 Å². The predicted octanol–water partition coefficient (Wildman–Crippen LogP) is 4.23. The number of carbonyl (C=O) groups excluding carboxylic acids is 2. The Balaban J connectivity index is 0.000000162. The minimum absolute atomic E-state index is 0.137. The Kier molecular flexibility index (Phi) is 11.0. The van der Waals surface area contributed by atoms with Crippen molar-refractivity contribution in [2.24, 2.45) is 0 Å². The maximum Gasteiger partial charge on any atom is 0.270 e. The number of hydrogen-bond donors (Lipinski definition) is 2. The van der Waals surface area contributed by atoms with E-state index in [0.29, 0.717) is 37.1 Å². The summed E-state index contributed by atoms with van der Waals surface area (Å²) in [6.07, 6.45) is 0. The first-order chi connectivity index (χ1) is 25.3. The second-order valence-corrected chi connectivity index (χ2v) is 14.5. The third kappa shape index (κ3) is 7.74. The fourth-order valence-electron chi connectivity index (χ4n) is 6.65. The van der Waals surface area contributed by atoms with Gasteiger partial charge < -0.3 is 39.4 Å². The van der Waals surface area contributed by atoms with Crippen LogP contribution in [0.1, 0.15) is 58.0 Å². The van der Waals surface area contributed by atoms with Gasteiger partial charge in [-0.15, -0.1) is 22.7 Å². The average molecular weight is 749 g/mol. The first-order valence-corrected chi connectivity index (χ1v) is 19.2. The van der Waals surface area contributed by atoms with E-state index in [1.807, 2.05) is 22.9 Å². The Morgan fingerprint density at radius 3 is 1.38 bits per heavy atom. The highest BCUT2D eigenvalue weighted by Crippen LogP contribution is 2.37.